The molecule has 2 aromatic carbocycles. The summed E-state index contributed by atoms with van der Waals surface area (Å²) in [6, 6.07) is 12.3. The lowest BCUT2D eigenvalue weighted by Gasteiger charge is -2.28. The number of nitrogens with zero attached hydrogens (tertiary/aromatic N) is 2. The molecule has 39 heavy (non-hydrogen) atoms. The van der Waals surface area contributed by atoms with Crippen molar-refractivity contribution in [3.63, 3.8) is 0 Å². The molecule has 0 bridgehead atoms. The molecule has 0 atom stereocenters. The zero-order valence-electron chi connectivity index (χ0n) is 22.2. The van der Waals surface area contributed by atoms with E-state index in [1.165, 1.54) is 6.07 Å². The van der Waals surface area contributed by atoms with Crippen LogP contribution >= 0.6 is 23.2 Å². The largest absolute Gasteiger partial charge is 0.492 e. The van der Waals surface area contributed by atoms with E-state index in [0.29, 0.717) is 39.6 Å². The number of rotatable bonds is 9. The van der Waals surface area contributed by atoms with Crippen molar-refractivity contribution in [3.8, 4) is 11.5 Å². The molecule has 0 spiro atoms. The predicted octanol–water partition coefficient (Wildman–Crippen LogP) is 6.29. The van der Waals surface area contributed by atoms with Crippen LogP contribution in [0.15, 0.2) is 47.4 Å². The van der Waals surface area contributed by atoms with Crippen molar-refractivity contribution in [2.24, 2.45) is 5.92 Å². The van der Waals surface area contributed by atoms with Gasteiger partial charge in [-0.25, -0.2) is 13.4 Å². The molecule has 1 saturated heterocycles. The van der Waals surface area contributed by atoms with E-state index in [1.807, 2.05) is 18.2 Å². The number of nitrogens with one attached hydrogen (secondary N) is 1. The van der Waals surface area contributed by atoms with Gasteiger partial charge >= 0.3 is 0 Å². The average molecular weight is 591 g/mol. The average Bonchev–Trinajstić information content (AvgIpc) is 3.36. The molecule has 1 fully saturated rings. The van der Waals surface area contributed by atoms with E-state index in [2.05, 4.69) is 21.7 Å². The van der Waals surface area contributed by atoms with Crippen LogP contribution in [0.2, 0.25) is 10.0 Å². The summed E-state index contributed by atoms with van der Waals surface area (Å²) in [4.78, 5) is 7.09. The highest BCUT2D eigenvalue weighted by Crippen LogP contribution is 2.34. The molecule has 208 valence electrons. The van der Waals surface area contributed by atoms with Crippen molar-refractivity contribution >= 4 is 39.0 Å². The number of hydrogen-bond acceptors (Lipinski definition) is 6. The fraction of sp³-hybridized carbons (Fsp3) is 0.414. The highest BCUT2D eigenvalue weighted by molar-refractivity contribution is 7.92. The predicted molar refractivity (Wildman–Crippen MR) is 155 cm³/mol. The second kappa shape index (κ2) is 11.9. The summed E-state index contributed by atoms with van der Waals surface area (Å²) in [6.45, 7) is 4.66. The fourth-order valence-electron chi connectivity index (χ4n) is 5.04. The molecule has 2 heterocycles. The van der Waals surface area contributed by atoms with Crippen LogP contribution in [0.1, 0.15) is 41.6 Å². The lowest BCUT2D eigenvalue weighted by molar-refractivity contribution is 0.160. The number of benzene rings is 2. The number of aryl methyl sites for hydroxylation is 2. The summed E-state index contributed by atoms with van der Waals surface area (Å²) in [5, 5.41) is 0.934. The summed E-state index contributed by atoms with van der Waals surface area (Å²) in [5.41, 5.74) is 3.30. The zero-order chi connectivity index (χ0) is 27.6. The smallest absolute Gasteiger partial charge is 0.263 e. The second-order valence-electron chi connectivity index (χ2n) is 10.4. The maximum Gasteiger partial charge on any atom is 0.263 e. The van der Waals surface area contributed by atoms with E-state index in [-0.39, 0.29) is 17.3 Å². The van der Waals surface area contributed by atoms with Gasteiger partial charge in [0.15, 0.2) is 11.6 Å². The number of ether oxygens (including phenoxy) is 2. The standard InChI is InChI=1S/C29H33Cl2N3O4S/c1-19-23(30)6-4-8-28(19)39(35,36)33-29-27(16-22-5-3-7-25(22)32-29)38-18-21-9-10-24(31)26(15-21)37-17-20-11-13-34(2)14-12-20/h4,6,8-10,15-16,20H,3,5,7,11-14,17-18H2,1-2H3,(H,32,33). The van der Waals surface area contributed by atoms with E-state index in [4.69, 9.17) is 32.7 Å². The van der Waals surface area contributed by atoms with E-state index in [9.17, 15) is 8.42 Å². The first-order chi connectivity index (χ1) is 18.7. The number of piperidine rings is 1. The lowest BCUT2D eigenvalue weighted by atomic mass is 9.98. The number of halogens is 2. The topological polar surface area (TPSA) is 80.8 Å². The van der Waals surface area contributed by atoms with Gasteiger partial charge in [0, 0.05) is 10.7 Å². The monoisotopic (exact) mass is 589 g/mol. The molecular weight excluding hydrogens is 557 g/mol. The van der Waals surface area contributed by atoms with Crippen LogP contribution in [0.4, 0.5) is 5.82 Å². The van der Waals surface area contributed by atoms with Crippen molar-refractivity contribution in [1.29, 1.82) is 0 Å². The maximum atomic E-state index is 13.3. The van der Waals surface area contributed by atoms with Gasteiger partial charge < -0.3 is 14.4 Å². The Morgan fingerprint density at radius 3 is 2.62 bits per heavy atom. The first kappa shape index (κ1) is 28.0. The molecule has 1 N–H and O–H groups in total. The SMILES string of the molecule is Cc1c(Cl)cccc1S(=O)(=O)Nc1nc2c(cc1OCc1ccc(Cl)c(OCC3CCN(C)CC3)c1)CCC2. The first-order valence-corrected chi connectivity index (χ1v) is 15.5. The Balaban J connectivity index is 1.33. The Hall–Kier alpha value is -2.52. The fourth-order valence-corrected chi connectivity index (χ4v) is 6.72. The highest BCUT2D eigenvalue weighted by Gasteiger charge is 2.24. The van der Waals surface area contributed by atoms with Gasteiger partial charge in [-0.05, 0) is 112 Å². The van der Waals surface area contributed by atoms with Crippen molar-refractivity contribution in [1.82, 2.24) is 9.88 Å². The molecule has 2 aliphatic rings. The van der Waals surface area contributed by atoms with Gasteiger partial charge in [0.05, 0.1) is 16.5 Å². The van der Waals surface area contributed by atoms with Crippen LogP contribution < -0.4 is 14.2 Å². The van der Waals surface area contributed by atoms with Gasteiger partial charge in [-0.2, -0.15) is 0 Å². The molecule has 10 heteroatoms. The van der Waals surface area contributed by atoms with E-state index < -0.39 is 10.0 Å². The Labute approximate surface area is 240 Å². The van der Waals surface area contributed by atoms with Crippen LogP contribution in [-0.4, -0.2) is 45.0 Å². The molecule has 0 radical (unpaired) electrons. The van der Waals surface area contributed by atoms with Crippen molar-refractivity contribution in [3.05, 3.63) is 74.9 Å². The van der Waals surface area contributed by atoms with Crippen molar-refractivity contribution in [2.75, 3.05) is 31.5 Å². The molecule has 0 unspecified atom stereocenters. The summed E-state index contributed by atoms with van der Waals surface area (Å²) in [5.74, 6) is 1.68. The van der Waals surface area contributed by atoms with Crippen LogP contribution in [0.5, 0.6) is 11.5 Å². The first-order valence-electron chi connectivity index (χ1n) is 13.2. The summed E-state index contributed by atoms with van der Waals surface area (Å²) in [7, 11) is -1.80. The van der Waals surface area contributed by atoms with Crippen LogP contribution in [-0.2, 0) is 29.5 Å². The minimum atomic E-state index is -3.94. The third-order valence-corrected chi connectivity index (χ3v) is 9.66. The van der Waals surface area contributed by atoms with Gasteiger partial charge in [-0.3, -0.25) is 4.72 Å². The molecule has 1 aromatic heterocycles. The Morgan fingerprint density at radius 2 is 1.82 bits per heavy atom. The van der Waals surface area contributed by atoms with E-state index in [0.717, 1.165) is 62.0 Å². The van der Waals surface area contributed by atoms with Gasteiger partial charge in [-0.1, -0.05) is 35.3 Å². The van der Waals surface area contributed by atoms with Crippen molar-refractivity contribution in [2.45, 2.75) is 50.5 Å². The minimum Gasteiger partial charge on any atom is -0.492 e. The summed E-state index contributed by atoms with van der Waals surface area (Å²) in [6.07, 6.45) is 4.87. The normalized spacial score (nSPS) is 16.2. The number of aromatic nitrogens is 1. The van der Waals surface area contributed by atoms with Gasteiger partial charge in [0.25, 0.3) is 10.0 Å². The van der Waals surface area contributed by atoms with E-state index >= 15 is 0 Å². The second-order valence-corrected chi connectivity index (χ2v) is 12.8. The Morgan fingerprint density at radius 1 is 1.03 bits per heavy atom. The number of likely N-dealkylation sites (tertiary alicyclic amines) is 1. The van der Waals surface area contributed by atoms with Crippen molar-refractivity contribution < 1.29 is 17.9 Å². The number of hydrogen-bond donors (Lipinski definition) is 1. The molecule has 5 rings (SSSR count). The number of pyridine rings is 1. The van der Waals surface area contributed by atoms with Crippen LogP contribution in [0.3, 0.4) is 0 Å². The third kappa shape index (κ3) is 6.62. The maximum absolute atomic E-state index is 13.3. The number of fused-ring (bicyclic) bond motifs is 1. The molecule has 7 nitrogen and oxygen atoms in total. The van der Waals surface area contributed by atoms with Crippen LogP contribution in [0, 0.1) is 12.8 Å². The molecule has 1 aliphatic heterocycles. The molecule has 0 amide bonds. The zero-order valence-corrected chi connectivity index (χ0v) is 24.5. The molecule has 3 aromatic rings. The van der Waals surface area contributed by atoms with Gasteiger partial charge in [-0.15, -0.1) is 0 Å². The quantitative estimate of drug-likeness (QED) is 0.316. The Kier molecular flexibility index (Phi) is 8.57. The summed E-state index contributed by atoms with van der Waals surface area (Å²) >= 11 is 12.6. The molecule has 1 aliphatic carbocycles. The minimum absolute atomic E-state index is 0.104. The number of sulfonamides is 1. The van der Waals surface area contributed by atoms with E-state index in [1.54, 1.807) is 25.1 Å². The number of anilines is 1. The molecule has 0 saturated carbocycles. The summed E-state index contributed by atoms with van der Waals surface area (Å²) < 4.78 is 41.5. The van der Waals surface area contributed by atoms with Gasteiger partial charge in [0.2, 0.25) is 0 Å². The highest BCUT2D eigenvalue weighted by atomic mass is 35.5. The third-order valence-electron chi connectivity index (χ3n) is 7.46. The molecular formula is C29H33Cl2N3O4S. The lowest BCUT2D eigenvalue weighted by Crippen LogP contribution is -2.32. The van der Waals surface area contributed by atoms with Crippen LogP contribution in [0.25, 0.3) is 0 Å². The van der Waals surface area contributed by atoms with Gasteiger partial charge in [0.1, 0.15) is 12.4 Å². The Bertz CT molecular complexity index is 1460.